The van der Waals surface area contributed by atoms with Gasteiger partial charge in [-0.1, -0.05) is 13.0 Å². The fourth-order valence-corrected chi connectivity index (χ4v) is 2.93. The van der Waals surface area contributed by atoms with Crippen LogP contribution in [0.4, 0.5) is 5.69 Å². The lowest BCUT2D eigenvalue weighted by Crippen LogP contribution is -2.34. The second-order valence-electron chi connectivity index (χ2n) is 5.89. The Kier molecular flexibility index (Phi) is 4.70. The summed E-state index contributed by atoms with van der Waals surface area (Å²) in [5.74, 6) is 1.73. The lowest BCUT2D eigenvalue weighted by Gasteiger charge is -2.33. The van der Waals surface area contributed by atoms with Crippen LogP contribution in [-0.2, 0) is 6.54 Å². The molecule has 0 aromatic heterocycles. The van der Waals surface area contributed by atoms with E-state index in [2.05, 4.69) is 24.9 Å². The van der Waals surface area contributed by atoms with E-state index in [0.29, 0.717) is 6.04 Å². The molecule has 1 aromatic rings. The molecule has 0 unspecified atom stereocenters. The van der Waals surface area contributed by atoms with E-state index < -0.39 is 0 Å². The van der Waals surface area contributed by atoms with E-state index in [1.807, 2.05) is 12.1 Å². The summed E-state index contributed by atoms with van der Waals surface area (Å²) in [5.41, 5.74) is 8.12. The van der Waals surface area contributed by atoms with Crippen LogP contribution >= 0.6 is 0 Å². The maximum atomic E-state index is 6.09. The molecule has 1 aromatic carbocycles. The van der Waals surface area contributed by atoms with E-state index in [1.165, 1.54) is 31.2 Å². The number of nitrogens with two attached hydrogens (primary N) is 1. The number of hydrogen-bond donors (Lipinski definition) is 1. The highest BCUT2D eigenvalue weighted by Gasteiger charge is 2.21. The molecule has 19 heavy (non-hydrogen) atoms. The third kappa shape index (κ3) is 3.63. The lowest BCUT2D eigenvalue weighted by atomic mass is 9.86. The highest BCUT2D eigenvalue weighted by atomic mass is 16.5. The Balaban J connectivity index is 1.96. The Bertz CT molecular complexity index is 411. The van der Waals surface area contributed by atoms with E-state index in [9.17, 15) is 0 Å². The van der Waals surface area contributed by atoms with Crippen LogP contribution in [0, 0.1) is 5.92 Å². The molecule has 0 heterocycles. The van der Waals surface area contributed by atoms with Gasteiger partial charge in [0, 0.05) is 24.3 Å². The van der Waals surface area contributed by atoms with Gasteiger partial charge in [0.15, 0.2) is 0 Å². The Morgan fingerprint density at radius 2 is 1.95 bits per heavy atom. The third-order valence-corrected chi connectivity index (χ3v) is 4.38. The van der Waals surface area contributed by atoms with Crippen molar-refractivity contribution in [2.45, 2.75) is 45.2 Å². The minimum atomic E-state index is 0.706. The zero-order valence-corrected chi connectivity index (χ0v) is 12.4. The van der Waals surface area contributed by atoms with E-state index in [-0.39, 0.29) is 0 Å². The summed E-state index contributed by atoms with van der Waals surface area (Å²) in [5, 5.41) is 0. The molecular weight excluding hydrogens is 236 g/mol. The van der Waals surface area contributed by atoms with Gasteiger partial charge in [-0.2, -0.15) is 0 Å². The maximum Gasteiger partial charge on any atom is 0.120 e. The zero-order chi connectivity index (χ0) is 13.8. The molecule has 3 nitrogen and oxygen atoms in total. The topological polar surface area (TPSA) is 38.5 Å². The second-order valence-corrected chi connectivity index (χ2v) is 5.89. The minimum absolute atomic E-state index is 0.706. The van der Waals surface area contributed by atoms with Crippen LogP contribution in [0.5, 0.6) is 5.75 Å². The molecule has 106 valence electrons. The summed E-state index contributed by atoms with van der Waals surface area (Å²) in [6, 6.07) is 6.68. The number of nitrogen functional groups attached to an aromatic ring is 1. The second kappa shape index (κ2) is 6.29. The monoisotopic (exact) mass is 262 g/mol. The molecule has 0 atom stereocenters. The largest absolute Gasteiger partial charge is 0.497 e. The zero-order valence-electron chi connectivity index (χ0n) is 12.4. The van der Waals surface area contributed by atoms with Crippen molar-refractivity contribution in [3.8, 4) is 5.75 Å². The molecular formula is C16H26N2O. The summed E-state index contributed by atoms with van der Waals surface area (Å²) in [6.07, 6.45) is 5.33. The number of benzene rings is 1. The number of methoxy groups -OCH3 is 1. The van der Waals surface area contributed by atoms with Crippen molar-refractivity contribution < 1.29 is 4.74 Å². The highest BCUT2D eigenvalue weighted by molar-refractivity contribution is 5.51. The van der Waals surface area contributed by atoms with Gasteiger partial charge in [0.05, 0.1) is 7.11 Å². The van der Waals surface area contributed by atoms with Gasteiger partial charge in [-0.15, -0.1) is 0 Å². The van der Waals surface area contributed by atoms with Crippen LogP contribution < -0.4 is 10.5 Å². The summed E-state index contributed by atoms with van der Waals surface area (Å²) >= 11 is 0. The van der Waals surface area contributed by atoms with Crippen LogP contribution in [-0.4, -0.2) is 25.1 Å². The number of ether oxygens (including phenoxy) is 1. The number of hydrogen-bond acceptors (Lipinski definition) is 3. The summed E-state index contributed by atoms with van der Waals surface area (Å²) < 4.78 is 5.19. The molecule has 0 saturated heterocycles. The lowest BCUT2D eigenvalue weighted by molar-refractivity contribution is 0.164. The third-order valence-electron chi connectivity index (χ3n) is 4.38. The first-order valence-corrected chi connectivity index (χ1v) is 7.22. The first-order valence-electron chi connectivity index (χ1n) is 7.22. The van der Waals surface area contributed by atoms with E-state index in [0.717, 1.165) is 23.9 Å². The fourth-order valence-electron chi connectivity index (χ4n) is 2.93. The van der Waals surface area contributed by atoms with Gasteiger partial charge < -0.3 is 10.5 Å². The number of nitrogens with zero attached hydrogens (tertiary/aromatic N) is 1. The van der Waals surface area contributed by atoms with Gasteiger partial charge in [-0.25, -0.2) is 0 Å². The molecule has 0 aliphatic heterocycles. The van der Waals surface area contributed by atoms with Gasteiger partial charge >= 0.3 is 0 Å². The van der Waals surface area contributed by atoms with E-state index in [4.69, 9.17) is 10.5 Å². The molecule has 2 N–H and O–H groups in total. The summed E-state index contributed by atoms with van der Waals surface area (Å²) in [6.45, 7) is 3.28. The van der Waals surface area contributed by atoms with Crippen molar-refractivity contribution >= 4 is 5.69 Å². The Morgan fingerprint density at radius 1 is 1.26 bits per heavy atom. The smallest absolute Gasteiger partial charge is 0.120 e. The predicted molar refractivity (Wildman–Crippen MR) is 80.3 cm³/mol. The normalized spacial score (nSPS) is 23.6. The fraction of sp³-hybridized carbons (Fsp3) is 0.625. The van der Waals surface area contributed by atoms with Crippen molar-refractivity contribution in [3.05, 3.63) is 23.8 Å². The SMILES string of the molecule is COc1ccc(CN(C)C2CCC(C)CC2)c(N)c1. The summed E-state index contributed by atoms with van der Waals surface area (Å²) in [7, 11) is 3.88. The van der Waals surface area contributed by atoms with Crippen molar-refractivity contribution in [3.63, 3.8) is 0 Å². The number of anilines is 1. The Hall–Kier alpha value is -1.22. The molecule has 1 aliphatic rings. The molecule has 0 amide bonds. The first kappa shape index (κ1) is 14.2. The molecule has 0 radical (unpaired) electrons. The van der Waals surface area contributed by atoms with Crippen molar-refractivity contribution in [2.75, 3.05) is 19.9 Å². The minimum Gasteiger partial charge on any atom is -0.497 e. The molecule has 1 saturated carbocycles. The number of rotatable bonds is 4. The quantitative estimate of drug-likeness (QED) is 0.846. The molecule has 3 heteroatoms. The van der Waals surface area contributed by atoms with Crippen LogP contribution in [0.25, 0.3) is 0 Å². The molecule has 1 aliphatic carbocycles. The Labute approximate surface area is 116 Å². The van der Waals surface area contributed by atoms with Gasteiger partial charge in [0.1, 0.15) is 5.75 Å². The summed E-state index contributed by atoms with van der Waals surface area (Å²) in [4.78, 5) is 2.45. The van der Waals surface area contributed by atoms with Gasteiger partial charge in [-0.05, 0) is 50.3 Å². The molecule has 1 fully saturated rings. The maximum absolute atomic E-state index is 6.09. The molecule has 0 spiro atoms. The van der Waals surface area contributed by atoms with Gasteiger partial charge in [0.2, 0.25) is 0 Å². The van der Waals surface area contributed by atoms with Crippen LogP contribution in [0.1, 0.15) is 38.2 Å². The Morgan fingerprint density at radius 3 is 2.53 bits per heavy atom. The van der Waals surface area contributed by atoms with E-state index >= 15 is 0 Å². The van der Waals surface area contributed by atoms with E-state index in [1.54, 1.807) is 7.11 Å². The molecule has 0 bridgehead atoms. The van der Waals surface area contributed by atoms with Crippen molar-refractivity contribution in [2.24, 2.45) is 5.92 Å². The van der Waals surface area contributed by atoms with Crippen LogP contribution in [0.3, 0.4) is 0 Å². The van der Waals surface area contributed by atoms with Crippen molar-refractivity contribution in [1.29, 1.82) is 0 Å². The van der Waals surface area contributed by atoms with Crippen LogP contribution in [0.2, 0.25) is 0 Å². The highest BCUT2D eigenvalue weighted by Crippen LogP contribution is 2.28. The average Bonchev–Trinajstić information content (AvgIpc) is 2.41. The first-order chi connectivity index (χ1) is 9.10. The van der Waals surface area contributed by atoms with Gasteiger partial charge in [-0.3, -0.25) is 4.90 Å². The molecule has 2 rings (SSSR count). The standard InChI is InChI=1S/C16H26N2O/c1-12-4-7-14(8-5-12)18(2)11-13-6-9-15(19-3)10-16(13)17/h6,9-10,12,14H,4-5,7-8,11,17H2,1-3H3. The van der Waals surface area contributed by atoms with Crippen molar-refractivity contribution in [1.82, 2.24) is 4.90 Å². The predicted octanol–water partition coefficient (Wildman–Crippen LogP) is 3.29. The average molecular weight is 262 g/mol. The van der Waals surface area contributed by atoms with Gasteiger partial charge in [0.25, 0.3) is 0 Å². The van der Waals surface area contributed by atoms with Crippen LogP contribution in [0.15, 0.2) is 18.2 Å².